The van der Waals surface area contributed by atoms with Crippen molar-refractivity contribution in [3.05, 3.63) is 18.4 Å². The fraction of sp³-hybridized carbons (Fsp3) is 0.429. The maximum absolute atomic E-state index is 5.35. The highest BCUT2D eigenvalue weighted by Gasteiger charge is 2.24. The van der Waals surface area contributed by atoms with E-state index in [1.165, 1.54) is 9.43 Å². The van der Waals surface area contributed by atoms with Gasteiger partial charge in [0.25, 0.3) is 0 Å². The van der Waals surface area contributed by atoms with E-state index in [0.717, 1.165) is 0 Å². The van der Waals surface area contributed by atoms with Gasteiger partial charge in [-0.1, -0.05) is 35.7 Å². The van der Waals surface area contributed by atoms with Crippen molar-refractivity contribution in [2.75, 3.05) is 4.05 Å². The highest BCUT2D eigenvalue weighted by molar-refractivity contribution is 14.1. The molecule has 0 bridgehead atoms. The summed E-state index contributed by atoms with van der Waals surface area (Å²) in [7, 11) is -1.18. The van der Waals surface area contributed by atoms with Gasteiger partial charge < -0.3 is 4.42 Å². The number of hydrogen-bond donors (Lipinski definition) is 0. The van der Waals surface area contributed by atoms with Crippen LogP contribution in [-0.2, 0) is 0 Å². The molecule has 0 N–H and O–H groups in total. The first-order chi connectivity index (χ1) is 4.67. The summed E-state index contributed by atoms with van der Waals surface area (Å²) in [6, 6.07) is 4.06. The summed E-state index contributed by atoms with van der Waals surface area (Å²) >= 11 is 2.43. The van der Waals surface area contributed by atoms with Crippen LogP contribution in [0.4, 0.5) is 0 Å². The molecular formula is C7H11IOSi. The topological polar surface area (TPSA) is 13.1 Å². The van der Waals surface area contributed by atoms with Gasteiger partial charge in [0.2, 0.25) is 0 Å². The molecule has 0 spiro atoms. The van der Waals surface area contributed by atoms with Gasteiger partial charge in [-0.3, -0.25) is 0 Å². The lowest BCUT2D eigenvalue weighted by molar-refractivity contribution is 0.597. The third-order valence-electron chi connectivity index (χ3n) is 1.52. The van der Waals surface area contributed by atoms with E-state index in [9.17, 15) is 0 Å². The molecule has 1 heterocycles. The maximum atomic E-state index is 5.35. The van der Waals surface area contributed by atoms with E-state index < -0.39 is 8.07 Å². The molecule has 1 aromatic rings. The van der Waals surface area contributed by atoms with Crippen molar-refractivity contribution >= 4 is 36.0 Å². The van der Waals surface area contributed by atoms with Gasteiger partial charge in [0.15, 0.2) is 0 Å². The van der Waals surface area contributed by atoms with Gasteiger partial charge in [0.1, 0.15) is 8.07 Å². The SMILES string of the molecule is C[Si](C)(CI)c1ccco1. The molecule has 0 saturated heterocycles. The van der Waals surface area contributed by atoms with Gasteiger partial charge in [0.05, 0.1) is 11.6 Å². The molecule has 0 fully saturated rings. The van der Waals surface area contributed by atoms with Crippen molar-refractivity contribution in [1.82, 2.24) is 0 Å². The summed E-state index contributed by atoms with van der Waals surface area (Å²) in [5.74, 6) is 0. The normalized spacial score (nSPS) is 11.9. The highest BCUT2D eigenvalue weighted by Crippen LogP contribution is 2.06. The first-order valence-electron chi connectivity index (χ1n) is 3.27. The van der Waals surface area contributed by atoms with Crippen molar-refractivity contribution in [3.8, 4) is 0 Å². The Labute approximate surface area is 76.0 Å². The Morgan fingerprint density at radius 2 is 2.30 bits per heavy atom. The van der Waals surface area contributed by atoms with Crippen molar-refractivity contribution < 1.29 is 4.42 Å². The van der Waals surface area contributed by atoms with Crippen LogP contribution in [0.25, 0.3) is 0 Å². The predicted molar refractivity (Wildman–Crippen MR) is 54.7 cm³/mol. The maximum Gasteiger partial charge on any atom is 0.135 e. The van der Waals surface area contributed by atoms with E-state index in [1.54, 1.807) is 6.26 Å². The molecule has 0 aromatic carbocycles. The molecule has 0 amide bonds. The van der Waals surface area contributed by atoms with Crippen LogP contribution >= 0.6 is 22.6 Å². The van der Waals surface area contributed by atoms with Crippen LogP contribution in [0.3, 0.4) is 0 Å². The van der Waals surface area contributed by atoms with E-state index in [4.69, 9.17) is 4.42 Å². The van der Waals surface area contributed by atoms with Crippen LogP contribution in [0.2, 0.25) is 13.1 Å². The minimum atomic E-state index is -1.18. The van der Waals surface area contributed by atoms with Crippen molar-refractivity contribution in [1.29, 1.82) is 0 Å². The van der Waals surface area contributed by atoms with Crippen LogP contribution in [-0.4, -0.2) is 12.1 Å². The number of rotatable bonds is 2. The number of halogens is 1. The number of furan rings is 1. The molecule has 0 saturated carbocycles. The van der Waals surface area contributed by atoms with E-state index in [1.807, 2.05) is 6.07 Å². The second-order valence-corrected chi connectivity index (χ2v) is 9.81. The Kier molecular flexibility index (Phi) is 2.57. The first kappa shape index (κ1) is 8.32. The van der Waals surface area contributed by atoms with Crippen molar-refractivity contribution in [2.24, 2.45) is 0 Å². The molecule has 0 aliphatic carbocycles. The van der Waals surface area contributed by atoms with E-state index in [0.29, 0.717) is 0 Å². The van der Waals surface area contributed by atoms with Gasteiger partial charge >= 0.3 is 0 Å². The quantitative estimate of drug-likeness (QED) is 0.454. The standard InChI is InChI=1S/C7H11IOSi/c1-10(2,6-8)7-4-3-5-9-7/h3-5H,6H2,1-2H3. The average molecular weight is 266 g/mol. The zero-order valence-electron chi connectivity index (χ0n) is 6.23. The van der Waals surface area contributed by atoms with Gasteiger partial charge in [0, 0.05) is 4.05 Å². The smallest absolute Gasteiger partial charge is 0.135 e. The minimum Gasteiger partial charge on any atom is -0.474 e. The van der Waals surface area contributed by atoms with Gasteiger partial charge in [-0.25, -0.2) is 0 Å². The Hall–Kier alpha value is 0.227. The molecular weight excluding hydrogens is 255 g/mol. The van der Waals surface area contributed by atoms with Gasteiger partial charge in [-0.15, -0.1) is 0 Å². The molecule has 0 radical (unpaired) electrons. The lowest BCUT2D eigenvalue weighted by Gasteiger charge is -2.14. The Morgan fingerprint density at radius 3 is 2.70 bits per heavy atom. The number of alkyl halides is 1. The zero-order chi connectivity index (χ0) is 7.61. The van der Waals surface area contributed by atoms with Crippen LogP contribution in [0.5, 0.6) is 0 Å². The molecule has 1 nitrogen and oxygen atoms in total. The lowest BCUT2D eigenvalue weighted by atomic mass is 10.7. The second kappa shape index (κ2) is 3.09. The molecule has 0 unspecified atom stereocenters. The molecule has 1 rings (SSSR count). The summed E-state index contributed by atoms with van der Waals surface area (Å²) in [5.41, 5.74) is 0. The Balaban J connectivity index is 2.85. The molecule has 10 heavy (non-hydrogen) atoms. The summed E-state index contributed by atoms with van der Waals surface area (Å²) in [4.78, 5) is 0. The molecule has 0 atom stereocenters. The Morgan fingerprint density at radius 1 is 1.60 bits per heavy atom. The number of hydrogen-bond acceptors (Lipinski definition) is 1. The van der Waals surface area contributed by atoms with Crippen LogP contribution in [0.1, 0.15) is 0 Å². The van der Waals surface area contributed by atoms with Crippen LogP contribution in [0.15, 0.2) is 22.8 Å². The van der Waals surface area contributed by atoms with Gasteiger partial charge in [-0.05, 0) is 12.1 Å². The third kappa shape index (κ3) is 1.63. The van der Waals surface area contributed by atoms with E-state index >= 15 is 0 Å². The van der Waals surface area contributed by atoms with Crippen molar-refractivity contribution in [2.45, 2.75) is 13.1 Å². The molecule has 56 valence electrons. The first-order valence-corrected chi connectivity index (χ1v) is 8.00. The summed E-state index contributed by atoms with van der Waals surface area (Å²) in [6.07, 6.45) is 1.76. The lowest BCUT2D eigenvalue weighted by Crippen LogP contribution is -2.42. The highest BCUT2D eigenvalue weighted by atomic mass is 127. The van der Waals surface area contributed by atoms with Crippen LogP contribution in [0, 0.1) is 0 Å². The summed E-state index contributed by atoms with van der Waals surface area (Å²) < 4.78 is 6.57. The zero-order valence-corrected chi connectivity index (χ0v) is 9.38. The van der Waals surface area contributed by atoms with E-state index in [2.05, 4.69) is 41.8 Å². The summed E-state index contributed by atoms with van der Waals surface area (Å²) in [6.45, 7) is 4.64. The van der Waals surface area contributed by atoms with E-state index in [-0.39, 0.29) is 0 Å². The van der Waals surface area contributed by atoms with Gasteiger partial charge in [-0.2, -0.15) is 0 Å². The molecule has 1 aromatic heterocycles. The third-order valence-corrected chi connectivity index (χ3v) is 9.53. The van der Waals surface area contributed by atoms with Crippen LogP contribution < -0.4 is 5.38 Å². The average Bonchev–Trinajstić information content (AvgIpc) is 2.38. The second-order valence-electron chi connectivity index (χ2n) is 2.99. The fourth-order valence-corrected chi connectivity index (χ4v) is 2.92. The summed E-state index contributed by atoms with van der Waals surface area (Å²) in [5, 5.41) is 1.21. The monoisotopic (exact) mass is 266 g/mol. The van der Waals surface area contributed by atoms with Crippen molar-refractivity contribution in [3.63, 3.8) is 0 Å². The molecule has 0 aliphatic rings. The largest absolute Gasteiger partial charge is 0.474 e. The fourth-order valence-electron chi connectivity index (χ4n) is 0.730. The minimum absolute atomic E-state index is 1.18. The molecule has 0 aliphatic heterocycles. The Bertz CT molecular complexity index is 193. The predicted octanol–water partition coefficient (Wildman–Crippen LogP) is 2.17. The molecule has 3 heteroatoms.